The van der Waals surface area contributed by atoms with Gasteiger partial charge in [0.2, 0.25) is 5.91 Å². The van der Waals surface area contributed by atoms with Crippen LogP contribution in [0, 0.1) is 0 Å². The highest BCUT2D eigenvalue weighted by Crippen LogP contribution is 2.44. The molecule has 8 nitrogen and oxygen atoms in total. The van der Waals surface area contributed by atoms with Crippen molar-refractivity contribution in [2.75, 3.05) is 20.3 Å². The maximum absolute atomic E-state index is 12.3. The van der Waals surface area contributed by atoms with Crippen LogP contribution in [0.25, 0.3) is 11.1 Å². The SMILES string of the molecule is CCC[C@H](NC(=O)CC(CNC(=O)OCC1c2ccccc2-c2ccccc21)OC)C(=O)O. The minimum atomic E-state index is -1.07. The smallest absolute Gasteiger partial charge is 0.407 e. The van der Waals surface area contributed by atoms with Gasteiger partial charge in [0.05, 0.1) is 12.5 Å². The Balaban J connectivity index is 1.50. The number of fused-ring (bicyclic) bond motifs is 3. The summed E-state index contributed by atoms with van der Waals surface area (Å²) in [6.45, 7) is 2.10. The predicted octanol–water partition coefficient (Wildman–Crippen LogP) is 3.30. The molecule has 2 aromatic carbocycles. The first-order chi connectivity index (χ1) is 15.9. The van der Waals surface area contributed by atoms with E-state index in [0.29, 0.717) is 12.8 Å². The van der Waals surface area contributed by atoms with Gasteiger partial charge >= 0.3 is 12.1 Å². The van der Waals surface area contributed by atoms with Crippen LogP contribution in [0.1, 0.15) is 43.2 Å². The van der Waals surface area contributed by atoms with Gasteiger partial charge in [-0.05, 0) is 28.7 Å². The molecule has 0 fully saturated rings. The first kappa shape index (κ1) is 24.3. The summed E-state index contributed by atoms with van der Waals surface area (Å²) in [5, 5.41) is 14.3. The second-order valence-corrected chi connectivity index (χ2v) is 8.02. The van der Waals surface area contributed by atoms with E-state index in [4.69, 9.17) is 9.47 Å². The van der Waals surface area contributed by atoms with Gasteiger partial charge in [-0.3, -0.25) is 4.79 Å². The average molecular weight is 455 g/mol. The van der Waals surface area contributed by atoms with Gasteiger partial charge in [0.25, 0.3) is 0 Å². The Morgan fingerprint density at radius 2 is 1.64 bits per heavy atom. The Hall–Kier alpha value is -3.39. The molecule has 0 spiro atoms. The molecule has 1 aliphatic rings. The zero-order valence-electron chi connectivity index (χ0n) is 18.9. The molecule has 176 valence electrons. The van der Waals surface area contributed by atoms with Crippen molar-refractivity contribution in [3.8, 4) is 11.1 Å². The number of carbonyl (C=O) groups is 3. The van der Waals surface area contributed by atoms with Crippen molar-refractivity contribution >= 4 is 18.0 Å². The van der Waals surface area contributed by atoms with E-state index in [0.717, 1.165) is 22.3 Å². The van der Waals surface area contributed by atoms with Gasteiger partial charge < -0.3 is 25.2 Å². The summed E-state index contributed by atoms with van der Waals surface area (Å²) in [6.07, 6.45) is -0.311. The monoisotopic (exact) mass is 454 g/mol. The van der Waals surface area contributed by atoms with Crippen LogP contribution in [-0.4, -0.2) is 55.5 Å². The number of ether oxygens (including phenoxy) is 2. The van der Waals surface area contributed by atoms with Crippen molar-refractivity contribution < 1.29 is 29.0 Å². The topological polar surface area (TPSA) is 114 Å². The quantitative estimate of drug-likeness (QED) is 0.480. The number of hydrogen-bond acceptors (Lipinski definition) is 5. The summed E-state index contributed by atoms with van der Waals surface area (Å²) < 4.78 is 10.7. The number of rotatable bonds is 11. The summed E-state index contributed by atoms with van der Waals surface area (Å²) in [5.41, 5.74) is 4.54. The normalized spacial score (nSPS) is 14.0. The molecule has 3 rings (SSSR count). The average Bonchev–Trinajstić information content (AvgIpc) is 3.13. The Labute approximate surface area is 193 Å². The summed E-state index contributed by atoms with van der Waals surface area (Å²) in [4.78, 5) is 35.7. The number of carbonyl (C=O) groups excluding carboxylic acids is 2. The van der Waals surface area contributed by atoms with E-state index in [1.165, 1.54) is 7.11 Å². The molecule has 0 aliphatic heterocycles. The first-order valence-corrected chi connectivity index (χ1v) is 11.1. The Morgan fingerprint density at radius 3 is 2.18 bits per heavy atom. The van der Waals surface area contributed by atoms with Crippen LogP contribution in [-0.2, 0) is 19.1 Å². The maximum Gasteiger partial charge on any atom is 0.407 e. The van der Waals surface area contributed by atoms with Crippen LogP contribution in [0.4, 0.5) is 4.79 Å². The van der Waals surface area contributed by atoms with Crippen molar-refractivity contribution in [3.05, 3.63) is 59.7 Å². The molecule has 0 heterocycles. The fraction of sp³-hybridized carbons (Fsp3) is 0.400. The Kier molecular flexibility index (Phi) is 8.43. The van der Waals surface area contributed by atoms with Crippen molar-refractivity contribution in [1.29, 1.82) is 0 Å². The van der Waals surface area contributed by atoms with E-state index in [2.05, 4.69) is 22.8 Å². The number of alkyl carbamates (subject to hydrolysis) is 1. The number of aliphatic carboxylic acids is 1. The van der Waals surface area contributed by atoms with E-state index in [-0.39, 0.29) is 25.5 Å². The lowest BCUT2D eigenvalue weighted by atomic mass is 9.98. The molecule has 0 bridgehead atoms. The highest BCUT2D eigenvalue weighted by atomic mass is 16.5. The summed E-state index contributed by atoms with van der Waals surface area (Å²) in [7, 11) is 1.43. The van der Waals surface area contributed by atoms with E-state index in [1.807, 2.05) is 43.3 Å². The number of methoxy groups -OCH3 is 1. The second kappa shape index (κ2) is 11.5. The molecule has 2 atom stereocenters. The fourth-order valence-corrected chi connectivity index (χ4v) is 4.09. The largest absolute Gasteiger partial charge is 0.480 e. The van der Waals surface area contributed by atoms with Crippen molar-refractivity contribution in [2.24, 2.45) is 0 Å². The van der Waals surface area contributed by atoms with Crippen molar-refractivity contribution in [2.45, 2.75) is 44.2 Å². The number of hydrogen-bond donors (Lipinski definition) is 3. The molecule has 2 amide bonds. The Morgan fingerprint density at radius 1 is 1.03 bits per heavy atom. The molecule has 0 saturated carbocycles. The van der Waals surface area contributed by atoms with Gasteiger partial charge in [-0.2, -0.15) is 0 Å². The van der Waals surface area contributed by atoms with Gasteiger partial charge in [0, 0.05) is 19.6 Å². The number of amides is 2. The van der Waals surface area contributed by atoms with Crippen LogP contribution < -0.4 is 10.6 Å². The van der Waals surface area contributed by atoms with E-state index < -0.39 is 30.1 Å². The molecule has 3 N–H and O–H groups in total. The molecule has 1 unspecified atom stereocenters. The molecule has 0 saturated heterocycles. The number of nitrogens with one attached hydrogen (secondary N) is 2. The second-order valence-electron chi connectivity index (χ2n) is 8.02. The molecular formula is C25H30N2O6. The minimum absolute atomic E-state index is 0.0429. The van der Waals surface area contributed by atoms with Crippen LogP contribution in [0.2, 0.25) is 0 Å². The highest BCUT2D eigenvalue weighted by molar-refractivity contribution is 5.84. The van der Waals surface area contributed by atoms with Crippen LogP contribution in [0.15, 0.2) is 48.5 Å². The molecule has 1 aliphatic carbocycles. The highest BCUT2D eigenvalue weighted by Gasteiger charge is 2.29. The molecule has 0 radical (unpaired) electrons. The summed E-state index contributed by atoms with van der Waals surface area (Å²) >= 11 is 0. The van der Waals surface area contributed by atoms with Crippen LogP contribution >= 0.6 is 0 Å². The summed E-state index contributed by atoms with van der Waals surface area (Å²) in [5.74, 6) is -1.56. The third-order valence-electron chi connectivity index (χ3n) is 5.77. The number of carboxylic acid groups (broad SMARTS) is 1. The number of benzene rings is 2. The van der Waals surface area contributed by atoms with E-state index in [1.54, 1.807) is 0 Å². The molecular weight excluding hydrogens is 424 g/mol. The lowest BCUT2D eigenvalue weighted by Gasteiger charge is -2.19. The van der Waals surface area contributed by atoms with E-state index >= 15 is 0 Å². The number of carboxylic acids is 1. The molecule has 2 aromatic rings. The first-order valence-electron chi connectivity index (χ1n) is 11.1. The Bertz CT molecular complexity index is 947. The minimum Gasteiger partial charge on any atom is -0.480 e. The van der Waals surface area contributed by atoms with E-state index in [9.17, 15) is 19.5 Å². The zero-order valence-corrected chi connectivity index (χ0v) is 18.9. The summed E-state index contributed by atoms with van der Waals surface area (Å²) in [6, 6.07) is 15.2. The van der Waals surface area contributed by atoms with Gasteiger partial charge in [-0.15, -0.1) is 0 Å². The molecule has 33 heavy (non-hydrogen) atoms. The van der Waals surface area contributed by atoms with Crippen molar-refractivity contribution in [1.82, 2.24) is 10.6 Å². The van der Waals surface area contributed by atoms with Gasteiger partial charge in [0.1, 0.15) is 12.6 Å². The molecule has 0 aromatic heterocycles. The van der Waals surface area contributed by atoms with Gasteiger partial charge in [-0.1, -0.05) is 61.9 Å². The van der Waals surface area contributed by atoms with Gasteiger partial charge in [-0.25, -0.2) is 9.59 Å². The molecule has 8 heteroatoms. The predicted molar refractivity (Wildman–Crippen MR) is 123 cm³/mol. The van der Waals surface area contributed by atoms with Gasteiger partial charge in [0.15, 0.2) is 0 Å². The fourth-order valence-electron chi connectivity index (χ4n) is 4.09. The third kappa shape index (κ3) is 6.10. The van der Waals surface area contributed by atoms with Crippen molar-refractivity contribution in [3.63, 3.8) is 0 Å². The van der Waals surface area contributed by atoms with Crippen LogP contribution in [0.3, 0.4) is 0 Å². The zero-order chi connectivity index (χ0) is 23.8. The lowest BCUT2D eigenvalue weighted by molar-refractivity contribution is -0.142. The maximum atomic E-state index is 12.3. The standard InChI is InChI=1S/C25H30N2O6/c1-3-8-22(24(29)30)27-23(28)13-16(32-2)14-26-25(31)33-15-21-19-11-6-4-9-17(19)18-10-5-7-12-20(18)21/h4-7,9-12,16,21-22H,3,8,13-15H2,1-2H3,(H,26,31)(H,27,28)(H,29,30)/t16?,22-/m0/s1. The van der Waals surface area contributed by atoms with Crippen LogP contribution in [0.5, 0.6) is 0 Å². The third-order valence-corrected chi connectivity index (χ3v) is 5.77. The lowest BCUT2D eigenvalue weighted by Crippen LogP contribution is -2.43.